The number of aromatic nitrogens is 4. The number of halogens is 1. The van der Waals surface area contributed by atoms with Gasteiger partial charge < -0.3 is 13.7 Å². The van der Waals surface area contributed by atoms with Gasteiger partial charge in [0.25, 0.3) is 0 Å². The van der Waals surface area contributed by atoms with Crippen LogP contribution in [0.3, 0.4) is 0 Å². The molecule has 3 heterocycles. The Bertz CT molecular complexity index is 1400. The number of methoxy groups -OCH3 is 1. The molecule has 0 radical (unpaired) electrons. The van der Waals surface area contributed by atoms with Crippen molar-refractivity contribution in [3.63, 3.8) is 0 Å². The minimum atomic E-state index is -0.350. The molecule has 3 aromatic heterocycles. The fourth-order valence-electron chi connectivity index (χ4n) is 3.78. The van der Waals surface area contributed by atoms with Crippen molar-refractivity contribution in [2.24, 2.45) is 0 Å². The Morgan fingerprint density at radius 1 is 1.13 bits per heavy atom. The number of fused-ring (bicyclic) bond motifs is 2. The molecule has 6 nitrogen and oxygen atoms in total. The number of benzene rings is 2. The van der Waals surface area contributed by atoms with E-state index in [1.54, 1.807) is 38.0 Å². The van der Waals surface area contributed by atoms with E-state index in [0.717, 1.165) is 34.1 Å². The van der Waals surface area contributed by atoms with E-state index in [9.17, 15) is 4.39 Å². The number of aryl methyl sites for hydroxylation is 2. The summed E-state index contributed by atoms with van der Waals surface area (Å²) in [5.41, 5.74) is 5.74. The lowest BCUT2D eigenvalue weighted by molar-refractivity contribution is 0.416. The maximum atomic E-state index is 14.9. The predicted octanol–water partition coefficient (Wildman–Crippen LogP) is 5.38. The molecule has 5 rings (SSSR count). The van der Waals surface area contributed by atoms with E-state index in [4.69, 9.17) is 9.15 Å². The monoisotopic (exact) mass is 402 g/mol. The maximum Gasteiger partial charge on any atom is 0.183 e. The molecule has 0 amide bonds. The first-order valence-corrected chi connectivity index (χ1v) is 9.63. The summed E-state index contributed by atoms with van der Waals surface area (Å²) in [4.78, 5) is 4.50. The molecule has 0 saturated carbocycles. The number of rotatable bonds is 4. The molecule has 150 valence electrons. The van der Waals surface area contributed by atoms with E-state index < -0.39 is 0 Å². The summed E-state index contributed by atoms with van der Waals surface area (Å²) in [6.07, 6.45) is 5.08. The highest BCUT2D eigenvalue weighted by atomic mass is 19.1. The molecule has 2 aromatic carbocycles. The molecular formula is C23H19FN4O2. The highest BCUT2D eigenvalue weighted by molar-refractivity contribution is 5.93. The zero-order valence-electron chi connectivity index (χ0n) is 16.8. The van der Waals surface area contributed by atoms with Gasteiger partial charge in [-0.3, -0.25) is 0 Å². The van der Waals surface area contributed by atoms with Crippen molar-refractivity contribution >= 4 is 22.1 Å². The van der Waals surface area contributed by atoms with Gasteiger partial charge in [-0.05, 0) is 49.2 Å². The molecule has 0 aliphatic carbocycles. The third-order valence-electron chi connectivity index (χ3n) is 5.40. The summed E-state index contributed by atoms with van der Waals surface area (Å²) in [6.45, 7) is 4.72. The highest BCUT2D eigenvalue weighted by Gasteiger charge is 2.17. The fraction of sp³-hybridized carbons (Fsp3) is 0.174. The van der Waals surface area contributed by atoms with Crippen LogP contribution in [-0.2, 0) is 6.54 Å². The van der Waals surface area contributed by atoms with E-state index in [1.165, 1.54) is 6.07 Å². The lowest BCUT2D eigenvalue weighted by Crippen LogP contribution is -1.96. The van der Waals surface area contributed by atoms with Crippen molar-refractivity contribution in [1.82, 2.24) is 19.7 Å². The summed E-state index contributed by atoms with van der Waals surface area (Å²) < 4.78 is 28.1. The van der Waals surface area contributed by atoms with Crippen LogP contribution in [0, 0.1) is 12.7 Å². The first kappa shape index (κ1) is 18.3. The lowest BCUT2D eigenvalue weighted by atomic mass is 9.97. The van der Waals surface area contributed by atoms with Crippen molar-refractivity contribution in [3.8, 4) is 28.0 Å². The summed E-state index contributed by atoms with van der Waals surface area (Å²) in [5.74, 6) is 0.230. The summed E-state index contributed by atoms with van der Waals surface area (Å²) >= 11 is 0. The van der Waals surface area contributed by atoms with Crippen LogP contribution in [0.1, 0.15) is 12.5 Å². The second-order valence-corrected chi connectivity index (χ2v) is 7.12. The van der Waals surface area contributed by atoms with Crippen molar-refractivity contribution in [3.05, 3.63) is 60.5 Å². The van der Waals surface area contributed by atoms with Gasteiger partial charge in [-0.2, -0.15) is 5.10 Å². The number of ether oxygens (including phenoxy) is 1. The van der Waals surface area contributed by atoms with E-state index in [2.05, 4.69) is 15.2 Å². The molecule has 0 unspecified atom stereocenters. The van der Waals surface area contributed by atoms with Crippen molar-refractivity contribution in [2.75, 3.05) is 7.11 Å². The van der Waals surface area contributed by atoms with E-state index in [1.807, 2.05) is 30.5 Å². The molecule has 30 heavy (non-hydrogen) atoms. The van der Waals surface area contributed by atoms with Gasteiger partial charge in [0.05, 0.1) is 25.9 Å². The van der Waals surface area contributed by atoms with Crippen LogP contribution < -0.4 is 4.74 Å². The number of imidazole rings is 1. The van der Waals surface area contributed by atoms with Crippen LogP contribution in [-0.4, -0.2) is 26.9 Å². The van der Waals surface area contributed by atoms with Crippen LogP contribution in [0.5, 0.6) is 5.75 Å². The maximum absolute atomic E-state index is 14.9. The zero-order chi connectivity index (χ0) is 20.8. The average Bonchev–Trinajstić information content (AvgIpc) is 3.36. The molecule has 0 bridgehead atoms. The quantitative estimate of drug-likeness (QED) is 0.404. The van der Waals surface area contributed by atoms with Gasteiger partial charge in [0, 0.05) is 28.6 Å². The smallest absolute Gasteiger partial charge is 0.183 e. The van der Waals surface area contributed by atoms with Crippen molar-refractivity contribution < 1.29 is 13.5 Å². The largest absolute Gasteiger partial charge is 0.496 e. The number of hydrogen-bond acceptors (Lipinski definition) is 5. The Kier molecular flexibility index (Phi) is 4.24. The minimum absolute atomic E-state index is 0.350. The molecule has 0 spiro atoms. The molecule has 7 heteroatoms. The van der Waals surface area contributed by atoms with Gasteiger partial charge in [0.1, 0.15) is 22.7 Å². The predicted molar refractivity (Wildman–Crippen MR) is 113 cm³/mol. The van der Waals surface area contributed by atoms with Gasteiger partial charge in [0.2, 0.25) is 0 Å². The summed E-state index contributed by atoms with van der Waals surface area (Å²) in [7, 11) is 1.58. The summed E-state index contributed by atoms with van der Waals surface area (Å²) in [5, 5.41) is 9.27. The number of nitrogens with zero attached hydrogens (tertiary/aromatic N) is 4. The normalized spacial score (nSPS) is 11.5. The number of furan rings is 1. The van der Waals surface area contributed by atoms with E-state index >= 15 is 0 Å². The van der Waals surface area contributed by atoms with Crippen LogP contribution in [0.4, 0.5) is 4.39 Å². The highest BCUT2D eigenvalue weighted by Crippen LogP contribution is 2.39. The van der Waals surface area contributed by atoms with Crippen molar-refractivity contribution in [1.29, 1.82) is 0 Å². The van der Waals surface area contributed by atoms with Crippen LogP contribution in [0.15, 0.2) is 53.5 Å². The lowest BCUT2D eigenvalue weighted by Gasteiger charge is -2.12. The number of hydrogen-bond donors (Lipinski definition) is 0. The summed E-state index contributed by atoms with van der Waals surface area (Å²) in [6, 6.07) is 8.66. The Morgan fingerprint density at radius 3 is 2.80 bits per heavy atom. The SMILES string of the molecule is CCn1cnc2c(-c3ccc(F)c(-c4cc5occ(C)c5cc4OC)c3)cnnc21. The van der Waals surface area contributed by atoms with Gasteiger partial charge in [-0.15, -0.1) is 5.10 Å². The Hall–Kier alpha value is -3.74. The first-order chi connectivity index (χ1) is 14.6. The second-order valence-electron chi connectivity index (χ2n) is 7.12. The standard InChI is InChI=1S/C23H19FN4O2/c1-4-28-12-25-22-18(10-26-27-23(22)28)14-5-6-19(24)16(7-14)17-9-21-15(8-20(17)29-3)13(2)11-30-21/h5-12H,4H2,1-3H3. The third kappa shape index (κ3) is 2.74. The fourth-order valence-corrected chi connectivity index (χ4v) is 3.78. The molecule has 0 aliphatic rings. The minimum Gasteiger partial charge on any atom is -0.496 e. The van der Waals surface area contributed by atoms with E-state index in [-0.39, 0.29) is 5.82 Å². The van der Waals surface area contributed by atoms with Crippen LogP contribution in [0.2, 0.25) is 0 Å². The molecule has 0 N–H and O–H groups in total. The van der Waals surface area contributed by atoms with Gasteiger partial charge in [-0.1, -0.05) is 6.07 Å². The third-order valence-corrected chi connectivity index (χ3v) is 5.40. The van der Waals surface area contributed by atoms with Gasteiger partial charge in [0.15, 0.2) is 5.65 Å². The average molecular weight is 402 g/mol. The van der Waals surface area contributed by atoms with Crippen LogP contribution >= 0.6 is 0 Å². The Morgan fingerprint density at radius 2 is 2.00 bits per heavy atom. The van der Waals surface area contributed by atoms with Gasteiger partial charge >= 0.3 is 0 Å². The Balaban J connectivity index is 1.72. The molecule has 0 fully saturated rings. The Labute approximate surface area is 171 Å². The zero-order valence-corrected chi connectivity index (χ0v) is 16.8. The topological polar surface area (TPSA) is 66.0 Å². The van der Waals surface area contributed by atoms with Crippen LogP contribution in [0.25, 0.3) is 44.4 Å². The molecular weight excluding hydrogens is 383 g/mol. The molecule has 0 atom stereocenters. The molecule has 0 saturated heterocycles. The molecule has 0 aliphatic heterocycles. The van der Waals surface area contributed by atoms with Gasteiger partial charge in [-0.25, -0.2) is 9.37 Å². The van der Waals surface area contributed by atoms with E-state index in [0.29, 0.717) is 28.1 Å². The van der Waals surface area contributed by atoms with Crippen molar-refractivity contribution in [2.45, 2.75) is 20.4 Å². The second kappa shape index (κ2) is 6.95. The first-order valence-electron chi connectivity index (χ1n) is 9.63. The molecule has 5 aromatic rings.